The van der Waals surface area contributed by atoms with Crippen molar-refractivity contribution < 1.29 is 4.21 Å². The molecule has 1 aromatic carbocycles. The molecule has 0 aliphatic carbocycles. The standard InChI is InChI=1S/C11H16ClNOS/c1-2-3-4-7-15(14)11-6-5-9(12)8-10(11)13/h5-6,8H,2-4,7,13H2,1H3. The van der Waals surface area contributed by atoms with Crippen molar-refractivity contribution in [1.29, 1.82) is 0 Å². The van der Waals surface area contributed by atoms with E-state index in [4.69, 9.17) is 17.3 Å². The molecule has 1 unspecified atom stereocenters. The lowest BCUT2D eigenvalue weighted by atomic mass is 10.3. The van der Waals surface area contributed by atoms with E-state index in [-0.39, 0.29) is 0 Å². The molecule has 2 nitrogen and oxygen atoms in total. The van der Waals surface area contributed by atoms with Crippen LogP contribution < -0.4 is 5.73 Å². The molecule has 0 bridgehead atoms. The average Bonchev–Trinajstić information content (AvgIpc) is 2.17. The van der Waals surface area contributed by atoms with E-state index >= 15 is 0 Å². The van der Waals surface area contributed by atoms with Crippen LogP contribution in [0.25, 0.3) is 0 Å². The summed E-state index contributed by atoms with van der Waals surface area (Å²) in [5.41, 5.74) is 6.27. The number of nitrogen functional groups attached to an aromatic ring is 1. The molecule has 0 saturated heterocycles. The first-order chi connectivity index (χ1) is 7.15. The molecule has 0 amide bonds. The maximum Gasteiger partial charge on any atom is 0.0618 e. The average molecular weight is 246 g/mol. The number of nitrogens with two attached hydrogens (primary N) is 1. The van der Waals surface area contributed by atoms with Gasteiger partial charge in [0.25, 0.3) is 0 Å². The van der Waals surface area contributed by atoms with E-state index in [0.717, 1.165) is 19.3 Å². The lowest BCUT2D eigenvalue weighted by molar-refractivity contribution is 0.676. The van der Waals surface area contributed by atoms with Gasteiger partial charge < -0.3 is 5.73 Å². The monoisotopic (exact) mass is 245 g/mol. The van der Waals surface area contributed by atoms with Crippen molar-refractivity contribution in [2.24, 2.45) is 0 Å². The van der Waals surface area contributed by atoms with Crippen LogP contribution in [0.1, 0.15) is 26.2 Å². The van der Waals surface area contributed by atoms with E-state index in [1.165, 1.54) is 0 Å². The Labute approximate surface area is 98.3 Å². The summed E-state index contributed by atoms with van der Waals surface area (Å²) >= 11 is 5.77. The molecule has 84 valence electrons. The normalized spacial score (nSPS) is 12.7. The third kappa shape index (κ3) is 3.84. The fourth-order valence-electron chi connectivity index (χ4n) is 1.32. The highest BCUT2D eigenvalue weighted by atomic mass is 35.5. The van der Waals surface area contributed by atoms with Crippen LogP contribution >= 0.6 is 11.6 Å². The zero-order valence-corrected chi connectivity index (χ0v) is 10.4. The second-order valence-corrected chi connectivity index (χ2v) is 5.41. The van der Waals surface area contributed by atoms with Gasteiger partial charge in [0, 0.05) is 16.5 Å². The van der Waals surface area contributed by atoms with Gasteiger partial charge in [0.15, 0.2) is 0 Å². The number of halogens is 1. The molecule has 0 radical (unpaired) electrons. The second kappa shape index (κ2) is 6.13. The molecule has 0 aliphatic heterocycles. The van der Waals surface area contributed by atoms with Crippen molar-refractivity contribution in [2.75, 3.05) is 11.5 Å². The Morgan fingerprint density at radius 1 is 1.40 bits per heavy atom. The highest BCUT2D eigenvalue weighted by Gasteiger charge is 2.07. The van der Waals surface area contributed by atoms with Crippen LogP contribution in [0, 0.1) is 0 Å². The Bertz CT molecular complexity index is 354. The Morgan fingerprint density at radius 3 is 2.73 bits per heavy atom. The molecule has 0 fully saturated rings. The van der Waals surface area contributed by atoms with Crippen LogP contribution in [0.15, 0.2) is 23.1 Å². The summed E-state index contributed by atoms with van der Waals surface area (Å²) in [6, 6.07) is 5.12. The molecule has 0 heterocycles. The van der Waals surface area contributed by atoms with Gasteiger partial charge in [0.1, 0.15) is 0 Å². The van der Waals surface area contributed by atoms with Gasteiger partial charge in [-0.3, -0.25) is 4.21 Å². The second-order valence-electron chi connectivity index (χ2n) is 3.44. The number of hydrogen-bond donors (Lipinski definition) is 1. The topological polar surface area (TPSA) is 43.1 Å². The predicted molar refractivity (Wildman–Crippen MR) is 66.7 cm³/mol. The third-order valence-corrected chi connectivity index (χ3v) is 3.91. The lowest BCUT2D eigenvalue weighted by Crippen LogP contribution is -2.02. The number of hydrogen-bond acceptors (Lipinski definition) is 2. The molecular formula is C11H16ClNOS. The number of rotatable bonds is 5. The molecule has 2 N–H and O–H groups in total. The summed E-state index contributed by atoms with van der Waals surface area (Å²) in [6.07, 6.45) is 3.22. The summed E-state index contributed by atoms with van der Waals surface area (Å²) in [5.74, 6) is 0.680. The first-order valence-electron chi connectivity index (χ1n) is 5.08. The number of benzene rings is 1. The van der Waals surface area contributed by atoms with Gasteiger partial charge >= 0.3 is 0 Å². The van der Waals surface area contributed by atoms with Crippen molar-refractivity contribution in [3.8, 4) is 0 Å². The van der Waals surface area contributed by atoms with Crippen LogP contribution in [0.4, 0.5) is 5.69 Å². The van der Waals surface area contributed by atoms with E-state index in [2.05, 4.69) is 6.92 Å². The van der Waals surface area contributed by atoms with Crippen molar-refractivity contribution in [3.05, 3.63) is 23.2 Å². The fraction of sp³-hybridized carbons (Fsp3) is 0.455. The smallest absolute Gasteiger partial charge is 0.0618 e. The van der Waals surface area contributed by atoms with Crippen molar-refractivity contribution in [3.63, 3.8) is 0 Å². The van der Waals surface area contributed by atoms with Gasteiger partial charge in [-0.05, 0) is 24.6 Å². The summed E-state index contributed by atoms with van der Waals surface area (Å²) in [5, 5.41) is 0.585. The van der Waals surface area contributed by atoms with Gasteiger partial charge in [-0.25, -0.2) is 0 Å². The van der Waals surface area contributed by atoms with Gasteiger partial charge in [-0.2, -0.15) is 0 Å². The first-order valence-corrected chi connectivity index (χ1v) is 6.78. The van der Waals surface area contributed by atoms with Crippen LogP contribution in [-0.2, 0) is 10.8 Å². The Morgan fingerprint density at radius 2 is 2.13 bits per heavy atom. The maximum atomic E-state index is 11.8. The van der Waals surface area contributed by atoms with Crippen molar-refractivity contribution in [2.45, 2.75) is 31.1 Å². The molecule has 1 rings (SSSR count). The van der Waals surface area contributed by atoms with E-state index in [0.29, 0.717) is 21.4 Å². The van der Waals surface area contributed by atoms with Crippen LogP contribution in [-0.4, -0.2) is 9.96 Å². The molecule has 15 heavy (non-hydrogen) atoms. The minimum atomic E-state index is -0.988. The highest BCUT2D eigenvalue weighted by Crippen LogP contribution is 2.21. The molecular weight excluding hydrogens is 230 g/mol. The lowest BCUT2D eigenvalue weighted by Gasteiger charge is -2.05. The van der Waals surface area contributed by atoms with Gasteiger partial charge in [-0.15, -0.1) is 0 Å². The Kier molecular flexibility index (Phi) is 5.12. The minimum Gasteiger partial charge on any atom is -0.398 e. The first kappa shape index (κ1) is 12.5. The summed E-state index contributed by atoms with van der Waals surface area (Å²) in [7, 11) is -0.988. The molecule has 0 spiro atoms. The quantitative estimate of drug-likeness (QED) is 0.639. The maximum absolute atomic E-state index is 11.8. The van der Waals surface area contributed by atoms with E-state index in [1.54, 1.807) is 18.2 Å². The van der Waals surface area contributed by atoms with Crippen molar-refractivity contribution >= 4 is 28.1 Å². The van der Waals surface area contributed by atoms with Crippen LogP contribution in [0.2, 0.25) is 5.02 Å². The van der Waals surface area contributed by atoms with Crippen LogP contribution in [0.5, 0.6) is 0 Å². The highest BCUT2D eigenvalue weighted by molar-refractivity contribution is 7.85. The summed E-state index contributed by atoms with van der Waals surface area (Å²) in [6.45, 7) is 2.12. The molecule has 1 aromatic rings. The zero-order valence-electron chi connectivity index (χ0n) is 8.83. The largest absolute Gasteiger partial charge is 0.398 e. The molecule has 1 atom stereocenters. The predicted octanol–water partition coefficient (Wildman–Crippen LogP) is 3.22. The molecule has 0 saturated carbocycles. The zero-order chi connectivity index (χ0) is 11.3. The van der Waals surface area contributed by atoms with Gasteiger partial charge in [0.2, 0.25) is 0 Å². The molecule has 0 aliphatic rings. The van der Waals surface area contributed by atoms with E-state index < -0.39 is 10.8 Å². The molecule has 0 aromatic heterocycles. The Hall–Kier alpha value is -0.540. The third-order valence-electron chi connectivity index (χ3n) is 2.15. The van der Waals surface area contributed by atoms with Crippen LogP contribution in [0.3, 0.4) is 0 Å². The van der Waals surface area contributed by atoms with Gasteiger partial charge in [-0.1, -0.05) is 31.4 Å². The molecule has 4 heteroatoms. The number of unbranched alkanes of at least 4 members (excludes halogenated alkanes) is 2. The fourth-order valence-corrected chi connectivity index (χ4v) is 2.73. The Balaban J connectivity index is 2.65. The van der Waals surface area contributed by atoms with Crippen molar-refractivity contribution in [1.82, 2.24) is 0 Å². The van der Waals surface area contributed by atoms with E-state index in [1.807, 2.05) is 0 Å². The van der Waals surface area contributed by atoms with E-state index in [9.17, 15) is 4.21 Å². The summed E-state index contributed by atoms with van der Waals surface area (Å²) < 4.78 is 11.8. The summed E-state index contributed by atoms with van der Waals surface area (Å²) in [4.78, 5) is 0.704. The SMILES string of the molecule is CCCCCS(=O)c1ccc(Cl)cc1N. The van der Waals surface area contributed by atoms with Gasteiger partial charge in [0.05, 0.1) is 15.7 Å². The minimum absolute atomic E-state index is 0.525. The number of anilines is 1.